The molecule has 0 aliphatic carbocycles. The summed E-state index contributed by atoms with van der Waals surface area (Å²) in [5.74, 6) is 1.74. The highest BCUT2D eigenvalue weighted by atomic mass is 16.1. The monoisotopic (exact) mass is 291 g/mol. The summed E-state index contributed by atoms with van der Waals surface area (Å²) in [6.45, 7) is 5.49. The van der Waals surface area contributed by atoms with Crippen molar-refractivity contribution in [2.75, 3.05) is 45.2 Å². The standard InChI is InChI=1S/C15H25N5O/c1-12-8-14(18-11-17-12)19(3)9-13-4-6-20(7-5-13)10-15(21)16-2/h8,11,13H,4-7,9-10H2,1-3H3,(H,16,21). The molecule has 1 aromatic heterocycles. The number of hydrogen-bond donors (Lipinski definition) is 1. The Balaban J connectivity index is 1.79. The van der Waals surface area contributed by atoms with Crippen molar-refractivity contribution in [1.29, 1.82) is 0 Å². The van der Waals surface area contributed by atoms with Crippen LogP contribution in [0, 0.1) is 12.8 Å². The minimum Gasteiger partial charge on any atom is -0.359 e. The van der Waals surface area contributed by atoms with E-state index in [1.54, 1.807) is 13.4 Å². The van der Waals surface area contributed by atoms with Crippen molar-refractivity contribution in [2.45, 2.75) is 19.8 Å². The minimum absolute atomic E-state index is 0.0991. The van der Waals surface area contributed by atoms with E-state index in [1.807, 2.05) is 13.0 Å². The van der Waals surface area contributed by atoms with Gasteiger partial charge in [-0.3, -0.25) is 9.69 Å². The second-order valence-corrected chi connectivity index (χ2v) is 5.79. The number of amides is 1. The van der Waals surface area contributed by atoms with Gasteiger partial charge < -0.3 is 10.2 Å². The van der Waals surface area contributed by atoms with Crippen LogP contribution in [0.3, 0.4) is 0 Å². The maximum Gasteiger partial charge on any atom is 0.233 e. The van der Waals surface area contributed by atoms with Crippen LogP contribution >= 0.6 is 0 Å². The molecular formula is C15H25N5O. The number of aromatic nitrogens is 2. The van der Waals surface area contributed by atoms with Gasteiger partial charge >= 0.3 is 0 Å². The van der Waals surface area contributed by atoms with E-state index in [1.165, 1.54) is 0 Å². The predicted molar refractivity (Wildman–Crippen MR) is 83.3 cm³/mol. The normalized spacial score (nSPS) is 16.7. The largest absolute Gasteiger partial charge is 0.359 e. The SMILES string of the molecule is CNC(=O)CN1CCC(CN(C)c2cc(C)ncn2)CC1. The highest BCUT2D eigenvalue weighted by Crippen LogP contribution is 2.20. The Labute approximate surface area is 126 Å². The Morgan fingerprint density at radius 1 is 1.43 bits per heavy atom. The number of hydrogen-bond acceptors (Lipinski definition) is 5. The number of nitrogens with zero attached hydrogens (tertiary/aromatic N) is 4. The molecular weight excluding hydrogens is 266 g/mol. The third-order valence-corrected chi connectivity index (χ3v) is 4.07. The molecule has 0 atom stereocenters. The average molecular weight is 291 g/mol. The first kappa shape index (κ1) is 15.7. The zero-order chi connectivity index (χ0) is 15.2. The highest BCUT2D eigenvalue weighted by Gasteiger charge is 2.21. The van der Waals surface area contributed by atoms with E-state index in [0.29, 0.717) is 12.5 Å². The molecule has 116 valence electrons. The molecule has 0 radical (unpaired) electrons. The number of carbonyl (C=O) groups is 1. The molecule has 6 nitrogen and oxygen atoms in total. The van der Waals surface area contributed by atoms with E-state index in [-0.39, 0.29) is 5.91 Å². The van der Waals surface area contributed by atoms with Crippen LogP contribution < -0.4 is 10.2 Å². The summed E-state index contributed by atoms with van der Waals surface area (Å²) in [5.41, 5.74) is 0.993. The molecule has 0 unspecified atom stereocenters. The molecule has 1 aliphatic heterocycles. The van der Waals surface area contributed by atoms with Crippen LogP contribution in [0.1, 0.15) is 18.5 Å². The van der Waals surface area contributed by atoms with Crippen LogP contribution in [0.15, 0.2) is 12.4 Å². The second-order valence-electron chi connectivity index (χ2n) is 5.79. The van der Waals surface area contributed by atoms with Crippen molar-refractivity contribution in [3.8, 4) is 0 Å². The molecule has 1 fully saturated rings. The molecule has 6 heteroatoms. The smallest absolute Gasteiger partial charge is 0.233 e. The van der Waals surface area contributed by atoms with Crippen molar-refractivity contribution in [3.63, 3.8) is 0 Å². The lowest BCUT2D eigenvalue weighted by atomic mass is 9.96. The van der Waals surface area contributed by atoms with Gasteiger partial charge in [-0.15, -0.1) is 0 Å². The molecule has 1 aliphatic rings. The first-order valence-electron chi connectivity index (χ1n) is 7.51. The van der Waals surface area contributed by atoms with Crippen LogP contribution in [-0.4, -0.2) is 61.0 Å². The third-order valence-electron chi connectivity index (χ3n) is 4.07. The van der Waals surface area contributed by atoms with E-state index in [2.05, 4.69) is 32.1 Å². The van der Waals surface area contributed by atoms with Gasteiger partial charge in [0.2, 0.25) is 5.91 Å². The summed E-state index contributed by atoms with van der Waals surface area (Å²) < 4.78 is 0. The Bertz CT molecular complexity index is 471. The van der Waals surface area contributed by atoms with Crippen LogP contribution in [0.25, 0.3) is 0 Å². The molecule has 1 aromatic rings. The van der Waals surface area contributed by atoms with Gasteiger partial charge in [0, 0.05) is 32.4 Å². The molecule has 0 bridgehead atoms. The lowest BCUT2D eigenvalue weighted by Crippen LogP contribution is -2.42. The molecule has 0 spiro atoms. The van der Waals surface area contributed by atoms with Crippen molar-refractivity contribution < 1.29 is 4.79 Å². The number of likely N-dealkylation sites (N-methyl/N-ethyl adjacent to an activating group) is 1. The fourth-order valence-electron chi connectivity index (χ4n) is 2.74. The van der Waals surface area contributed by atoms with Gasteiger partial charge in [-0.25, -0.2) is 9.97 Å². The second kappa shape index (κ2) is 7.36. The topological polar surface area (TPSA) is 61.4 Å². The van der Waals surface area contributed by atoms with Gasteiger partial charge in [0.15, 0.2) is 0 Å². The van der Waals surface area contributed by atoms with Crippen LogP contribution in [-0.2, 0) is 4.79 Å². The van der Waals surface area contributed by atoms with Gasteiger partial charge in [-0.2, -0.15) is 0 Å². The van der Waals surface area contributed by atoms with Gasteiger partial charge in [0.05, 0.1) is 6.54 Å². The molecule has 1 saturated heterocycles. The summed E-state index contributed by atoms with van der Waals surface area (Å²) in [7, 11) is 3.77. The number of nitrogens with one attached hydrogen (secondary N) is 1. The number of rotatable bonds is 5. The van der Waals surface area contributed by atoms with E-state index in [9.17, 15) is 4.79 Å². The average Bonchev–Trinajstić information content (AvgIpc) is 2.49. The Morgan fingerprint density at radius 2 is 2.14 bits per heavy atom. The Kier molecular flexibility index (Phi) is 5.50. The molecule has 1 N–H and O–H groups in total. The quantitative estimate of drug-likeness (QED) is 0.864. The number of aryl methyl sites for hydroxylation is 1. The fourth-order valence-corrected chi connectivity index (χ4v) is 2.74. The first-order chi connectivity index (χ1) is 10.1. The predicted octanol–water partition coefficient (Wildman–Crippen LogP) is 0.679. The fraction of sp³-hybridized carbons (Fsp3) is 0.667. The first-order valence-corrected chi connectivity index (χ1v) is 7.51. The Hall–Kier alpha value is -1.69. The number of anilines is 1. The molecule has 0 saturated carbocycles. The molecule has 0 aromatic carbocycles. The zero-order valence-electron chi connectivity index (χ0n) is 13.2. The van der Waals surface area contributed by atoms with E-state index in [4.69, 9.17) is 0 Å². The Morgan fingerprint density at radius 3 is 2.76 bits per heavy atom. The number of piperidine rings is 1. The summed E-state index contributed by atoms with van der Waals surface area (Å²) >= 11 is 0. The van der Waals surface area contributed by atoms with Gasteiger partial charge in [-0.1, -0.05) is 0 Å². The minimum atomic E-state index is 0.0991. The molecule has 21 heavy (non-hydrogen) atoms. The zero-order valence-corrected chi connectivity index (χ0v) is 13.2. The van der Waals surface area contributed by atoms with Crippen molar-refractivity contribution >= 4 is 11.7 Å². The van der Waals surface area contributed by atoms with Crippen LogP contribution in [0.2, 0.25) is 0 Å². The molecule has 1 amide bonds. The summed E-state index contributed by atoms with van der Waals surface area (Å²) in [6, 6.07) is 2.01. The van der Waals surface area contributed by atoms with Crippen molar-refractivity contribution in [3.05, 3.63) is 18.1 Å². The van der Waals surface area contributed by atoms with E-state index < -0.39 is 0 Å². The molecule has 2 rings (SSSR count). The highest BCUT2D eigenvalue weighted by molar-refractivity contribution is 5.77. The number of carbonyl (C=O) groups excluding carboxylic acids is 1. The summed E-state index contributed by atoms with van der Waals surface area (Å²) in [6.07, 6.45) is 3.88. The summed E-state index contributed by atoms with van der Waals surface area (Å²) in [4.78, 5) is 24.3. The van der Waals surface area contributed by atoms with Gasteiger partial charge in [-0.05, 0) is 38.8 Å². The maximum atomic E-state index is 11.4. The lowest BCUT2D eigenvalue weighted by Gasteiger charge is -2.33. The van der Waals surface area contributed by atoms with Gasteiger partial charge in [0.25, 0.3) is 0 Å². The third kappa shape index (κ3) is 4.67. The van der Waals surface area contributed by atoms with Gasteiger partial charge in [0.1, 0.15) is 12.1 Å². The van der Waals surface area contributed by atoms with Crippen LogP contribution in [0.5, 0.6) is 0 Å². The van der Waals surface area contributed by atoms with Crippen LogP contribution in [0.4, 0.5) is 5.82 Å². The lowest BCUT2D eigenvalue weighted by molar-refractivity contribution is -0.122. The number of likely N-dealkylation sites (tertiary alicyclic amines) is 1. The molecule has 2 heterocycles. The van der Waals surface area contributed by atoms with E-state index in [0.717, 1.165) is 44.0 Å². The maximum absolute atomic E-state index is 11.4. The van der Waals surface area contributed by atoms with Crippen molar-refractivity contribution in [1.82, 2.24) is 20.2 Å². The van der Waals surface area contributed by atoms with E-state index >= 15 is 0 Å². The summed E-state index contributed by atoms with van der Waals surface area (Å²) in [5, 5.41) is 2.68. The van der Waals surface area contributed by atoms with Crippen molar-refractivity contribution in [2.24, 2.45) is 5.92 Å².